The Morgan fingerprint density at radius 1 is 1.60 bits per heavy atom. The number of hydrogen-bond donors (Lipinski definition) is 3. The summed E-state index contributed by atoms with van der Waals surface area (Å²) >= 11 is 0. The number of nitrogens with zero attached hydrogens (tertiary/aromatic N) is 3. The van der Waals surface area contributed by atoms with Crippen molar-refractivity contribution in [3.8, 4) is 0 Å². The largest absolute Gasteiger partial charge is 0.480 e. The van der Waals surface area contributed by atoms with Crippen molar-refractivity contribution < 1.29 is 9.90 Å². The molecule has 1 heterocycles. The van der Waals surface area contributed by atoms with Crippen molar-refractivity contribution in [1.29, 1.82) is 0 Å². The SMILES string of the molecule is CC(C)(C)Nc1nc(N)n(CC(=O)O)n1. The summed E-state index contributed by atoms with van der Waals surface area (Å²) in [6, 6.07) is 0. The van der Waals surface area contributed by atoms with Gasteiger partial charge in [0.15, 0.2) is 0 Å². The third-order valence-corrected chi connectivity index (χ3v) is 1.47. The number of anilines is 2. The van der Waals surface area contributed by atoms with Crippen molar-refractivity contribution in [2.45, 2.75) is 32.9 Å². The van der Waals surface area contributed by atoms with Crippen molar-refractivity contribution in [3.63, 3.8) is 0 Å². The van der Waals surface area contributed by atoms with Crippen molar-refractivity contribution in [2.75, 3.05) is 11.1 Å². The number of aromatic nitrogens is 3. The van der Waals surface area contributed by atoms with Gasteiger partial charge in [0.1, 0.15) is 6.54 Å². The van der Waals surface area contributed by atoms with Crippen molar-refractivity contribution >= 4 is 17.9 Å². The van der Waals surface area contributed by atoms with Crippen LogP contribution in [0.2, 0.25) is 0 Å². The second-order valence-corrected chi connectivity index (χ2v) is 4.22. The Morgan fingerprint density at radius 3 is 2.67 bits per heavy atom. The second kappa shape index (κ2) is 3.76. The van der Waals surface area contributed by atoms with E-state index in [-0.39, 0.29) is 18.0 Å². The zero-order valence-corrected chi connectivity index (χ0v) is 8.98. The number of nitrogens with one attached hydrogen (secondary N) is 1. The van der Waals surface area contributed by atoms with Crippen LogP contribution in [0.5, 0.6) is 0 Å². The molecule has 0 saturated heterocycles. The maximum Gasteiger partial charge on any atom is 0.325 e. The Hall–Kier alpha value is -1.79. The number of nitrogen functional groups attached to an aromatic ring is 1. The van der Waals surface area contributed by atoms with Gasteiger partial charge in [0, 0.05) is 5.54 Å². The van der Waals surface area contributed by atoms with E-state index in [1.54, 1.807) is 0 Å². The number of rotatable bonds is 3. The highest BCUT2D eigenvalue weighted by Crippen LogP contribution is 2.11. The molecule has 0 saturated carbocycles. The normalized spacial score (nSPS) is 11.4. The van der Waals surface area contributed by atoms with Crippen LogP contribution in [-0.4, -0.2) is 31.4 Å². The summed E-state index contributed by atoms with van der Waals surface area (Å²) in [5.41, 5.74) is 5.30. The Kier molecular flexibility index (Phi) is 2.83. The summed E-state index contributed by atoms with van der Waals surface area (Å²) in [4.78, 5) is 14.4. The molecule has 0 aliphatic carbocycles. The fourth-order valence-electron chi connectivity index (χ4n) is 0.987. The molecular formula is C8H15N5O2. The van der Waals surface area contributed by atoms with Gasteiger partial charge in [-0.15, -0.1) is 5.10 Å². The number of carbonyl (C=O) groups is 1. The lowest BCUT2D eigenvalue weighted by Crippen LogP contribution is -2.27. The topological polar surface area (TPSA) is 106 Å². The molecule has 0 spiro atoms. The van der Waals surface area contributed by atoms with Crippen LogP contribution in [0, 0.1) is 0 Å². The molecule has 1 aromatic heterocycles. The molecule has 0 unspecified atom stereocenters. The van der Waals surface area contributed by atoms with Crippen molar-refractivity contribution in [1.82, 2.24) is 14.8 Å². The number of carboxylic acids is 1. The molecule has 0 aliphatic rings. The minimum Gasteiger partial charge on any atom is -0.480 e. The Balaban J connectivity index is 2.81. The average molecular weight is 213 g/mol. The molecule has 15 heavy (non-hydrogen) atoms. The Bertz CT molecular complexity index is 366. The molecule has 7 heteroatoms. The van der Waals surface area contributed by atoms with E-state index in [0.717, 1.165) is 4.68 Å². The molecule has 0 amide bonds. The fourth-order valence-corrected chi connectivity index (χ4v) is 0.987. The molecule has 0 atom stereocenters. The van der Waals surface area contributed by atoms with E-state index in [1.807, 2.05) is 20.8 Å². The lowest BCUT2D eigenvalue weighted by atomic mass is 10.1. The van der Waals surface area contributed by atoms with Gasteiger partial charge in [-0.2, -0.15) is 4.98 Å². The molecule has 84 valence electrons. The maximum absolute atomic E-state index is 10.5. The van der Waals surface area contributed by atoms with Crippen molar-refractivity contribution in [3.05, 3.63) is 0 Å². The van der Waals surface area contributed by atoms with Crippen LogP contribution in [-0.2, 0) is 11.3 Å². The Morgan fingerprint density at radius 2 is 2.20 bits per heavy atom. The van der Waals surface area contributed by atoms with Gasteiger partial charge in [0.2, 0.25) is 11.9 Å². The van der Waals surface area contributed by atoms with Crippen LogP contribution in [0.25, 0.3) is 0 Å². The van der Waals surface area contributed by atoms with Gasteiger partial charge in [-0.05, 0) is 20.8 Å². The maximum atomic E-state index is 10.5. The summed E-state index contributed by atoms with van der Waals surface area (Å²) in [7, 11) is 0. The van der Waals surface area contributed by atoms with E-state index in [0.29, 0.717) is 5.95 Å². The van der Waals surface area contributed by atoms with Crippen LogP contribution in [0.3, 0.4) is 0 Å². The Labute approximate surface area is 87.3 Å². The minimum absolute atomic E-state index is 0.0872. The number of nitrogens with two attached hydrogens (primary N) is 1. The molecule has 0 fully saturated rings. The molecule has 0 bridgehead atoms. The van der Waals surface area contributed by atoms with Crippen LogP contribution < -0.4 is 11.1 Å². The number of aliphatic carboxylic acids is 1. The minimum atomic E-state index is -1.01. The average Bonchev–Trinajstić information content (AvgIpc) is 2.26. The zero-order chi connectivity index (χ0) is 11.6. The summed E-state index contributed by atoms with van der Waals surface area (Å²) in [5, 5.41) is 15.5. The number of carboxylic acid groups (broad SMARTS) is 1. The highest BCUT2D eigenvalue weighted by molar-refractivity contribution is 5.66. The lowest BCUT2D eigenvalue weighted by Gasteiger charge is -2.18. The van der Waals surface area contributed by atoms with E-state index in [1.165, 1.54) is 0 Å². The van der Waals surface area contributed by atoms with E-state index in [2.05, 4.69) is 15.4 Å². The molecule has 0 radical (unpaired) electrons. The standard InChI is InChI=1S/C8H15N5O2/c1-8(2,3)11-7-10-6(9)13(12-7)4-5(14)15/h4H2,1-3H3,(H,14,15)(H3,9,10,11,12). The van der Waals surface area contributed by atoms with Crippen molar-refractivity contribution in [2.24, 2.45) is 0 Å². The predicted octanol–water partition coefficient (Wildman–Crippen LogP) is 0.155. The first-order chi connectivity index (χ1) is 6.78. The van der Waals surface area contributed by atoms with Gasteiger partial charge >= 0.3 is 5.97 Å². The van der Waals surface area contributed by atoms with E-state index in [4.69, 9.17) is 10.8 Å². The first-order valence-corrected chi connectivity index (χ1v) is 4.48. The van der Waals surface area contributed by atoms with Gasteiger partial charge in [0.25, 0.3) is 0 Å². The number of hydrogen-bond acceptors (Lipinski definition) is 5. The van der Waals surface area contributed by atoms with Crippen LogP contribution >= 0.6 is 0 Å². The molecule has 0 aliphatic heterocycles. The molecule has 1 aromatic rings. The van der Waals surface area contributed by atoms with Crippen LogP contribution in [0.1, 0.15) is 20.8 Å². The summed E-state index contributed by atoms with van der Waals surface area (Å²) < 4.78 is 1.14. The molecule has 0 aromatic carbocycles. The highest BCUT2D eigenvalue weighted by atomic mass is 16.4. The summed E-state index contributed by atoms with van der Waals surface area (Å²) in [6.07, 6.45) is 0. The highest BCUT2D eigenvalue weighted by Gasteiger charge is 2.15. The third-order valence-electron chi connectivity index (χ3n) is 1.47. The van der Waals surface area contributed by atoms with Gasteiger partial charge in [-0.1, -0.05) is 0 Å². The zero-order valence-electron chi connectivity index (χ0n) is 8.98. The van der Waals surface area contributed by atoms with Gasteiger partial charge < -0.3 is 16.2 Å². The van der Waals surface area contributed by atoms with Gasteiger partial charge in [-0.3, -0.25) is 4.79 Å². The van der Waals surface area contributed by atoms with E-state index < -0.39 is 5.97 Å². The third kappa shape index (κ3) is 3.45. The molecule has 1 rings (SSSR count). The van der Waals surface area contributed by atoms with Crippen LogP contribution in [0.4, 0.5) is 11.9 Å². The first-order valence-electron chi connectivity index (χ1n) is 4.48. The lowest BCUT2D eigenvalue weighted by molar-refractivity contribution is -0.137. The van der Waals surface area contributed by atoms with E-state index >= 15 is 0 Å². The second-order valence-electron chi connectivity index (χ2n) is 4.22. The van der Waals surface area contributed by atoms with Gasteiger partial charge in [0.05, 0.1) is 0 Å². The smallest absolute Gasteiger partial charge is 0.325 e. The molecule has 7 nitrogen and oxygen atoms in total. The summed E-state index contributed by atoms with van der Waals surface area (Å²) in [6.45, 7) is 5.55. The summed E-state index contributed by atoms with van der Waals surface area (Å²) in [5.74, 6) is -0.584. The molecular weight excluding hydrogens is 198 g/mol. The van der Waals surface area contributed by atoms with Gasteiger partial charge in [-0.25, -0.2) is 4.68 Å². The van der Waals surface area contributed by atoms with Crippen LogP contribution in [0.15, 0.2) is 0 Å². The molecule has 4 N–H and O–H groups in total. The fraction of sp³-hybridized carbons (Fsp3) is 0.625. The quantitative estimate of drug-likeness (QED) is 0.660. The first kappa shape index (κ1) is 11.3. The monoisotopic (exact) mass is 213 g/mol. The predicted molar refractivity (Wildman–Crippen MR) is 55.4 cm³/mol. The van der Waals surface area contributed by atoms with E-state index in [9.17, 15) is 4.79 Å².